The van der Waals surface area contributed by atoms with Gasteiger partial charge in [-0.25, -0.2) is 0 Å². The fraction of sp³-hybridized carbons (Fsp3) is 0.538. The lowest BCUT2D eigenvalue weighted by molar-refractivity contribution is 0.134. The minimum absolute atomic E-state index is 0.0354. The van der Waals surface area contributed by atoms with Crippen LogP contribution in [-0.2, 0) is 16.8 Å². The summed E-state index contributed by atoms with van der Waals surface area (Å²) in [5.41, 5.74) is 2.05. The number of ether oxygens (including phenoxy) is 1. The van der Waals surface area contributed by atoms with Crippen LogP contribution in [0, 0.1) is 0 Å². The molecule has 1 rings (SSSR count). The van der Waals surface area contributed by atoms with Crippen molar-refractivity contribution in [2.75, 3.05) is 6.61 Å². The molecular formula is C13H20O2. The van der Waals surface area contributed by atoms with Crippen LogP contribution in [0.2, 0.25) is 0 Å². The van der Waals surface area contributed by atoms with Gasteiger partial charge in [0.1, 0.15) is 5.75 Å². The van der Waals surface area contributed by atoms with Gasteiger partial charge >= 0.3 is 0 Å². The Balaban J connectivity index is 2.95. The van der Waals surface area contributed by atoms with E-state index in [9.17, 15) is 5.11 Å². The molecular weight excluding hydrogens is 188 g/mol. The summed E-state index contributed by atoms with van der Waals surface area (Å²) in [7, 11) is 0. The Morgan fingerprint density at radius 1 is 1.27 bits per heavy atom. The molecule has 0 saturated carbocycles. The number of aromatic hydroxyl groups is 1. The van der Waals surface area contributed by atoms with Gasteiger partial charge in [0, 0.05) is 6.61 Å². The molecule has 0 radical (unpaired) electrons. The smallest absolute Gasteiger partial charge is 0.119 e. The molecule has 2 nitrogen and oxygen atoms in total. The van der Waals surface area contributed by atoms with Crippen molar-refractivity contribution >= 4 is 0 Å². The Kier molecular flexibility index (Phi) is 3.75. The summed E-state index contributed by atoms with van der Waals surface area (Å²) in [6, 6.07) is 5.67. The van der Waals surface area contributed by atoms with Gasteiger partial charge in [0.2, 0.25) is 0 Å². The summed E-state index contributed by atoms with van der Waals surface area (Å²) in [4.78, 5) is 0. The van der Waals surface area contributed by atoms with Gasteiger partial charge in [0.15, 0.2) is 0 Å². The van der Waals surface area contributed by atoms with Gasteiger partial charge in [-0.2, -0.15) is 0 Å². The zero-order valence-electron chi connectivity index (χ0n) is 10.0. The van der Waals surface area contributed by atoms with Crippen LogP contribution in [0.3, 0.4) is 0 Å². The number of benzene rings is 1. The summed E-state index contributed by atoms with van der Waals surface area (Å²) in [6.07, 6.45) is 0. The largest absolute Gasteiger partial charge is 0.508 e. The van der Waals surface area contributed by atoms with Gasteiger partial charge in [-0.1, -0.05) is 26.8 Å². The zero-order valence-corrected chi connectivity index (χ0v) is 10.0. The molecule has 2 heteroatoms. The lowest BCUT2D eigenvalue weighted by Crippen LogP contribution is -2.12. The molecule has 1 aromatic rings. The van der Waals surface area contributed by atoms with Gasteiger partial charge in [0.25, 0.3) is 0 Å². The maximum atomic E-state index is 9.76. The molecule has 0 bridgehead atoms. The van der Waals surface area contributed by atoms with Crippen LogP contribution in [-0.4, -0.2) is 11.7 Å². The molecule has 0 aromatic heterocycles. The minimum atomic E-state index is -0.0354. The van der Waals surface area contributed by atoms with Crippen LogP contribution in [0.1, 0.15) is 38.8 Å². The van der Waals surface area contributed by atoms with Crippen molar-refractivity contribution in [3.05, 3.63) is 29.3 Å². The highest BCUT2D eigenvalue weighted by Gasteiger charge is 2.18. The Hall–Kier alpha value is -1.02. The molecule has 0 aliphatic carbocycles. The molecule has 0 spiro atoms. The van der Waals surface area contributed by atoms with Crippen LogP contribution in [0.5, 0.6) is 5.75 Å². The molecule has 0 atom stereocenters. The second-order valence-corrected chi connectivity index (χ2v) is 4.74. The average molecular weight is 208 g/mol. The van der Waals surface area contributed by atoms with Gasteiger partial charge in [-0.05, 0) is 35.6 Å². The predicted octanol–water partition coefficient (Wildman–Crippen LogP) is 3.23. The average Bonchev–Trinajstić information content (AvgIpc) is 2.15. The monoisotopic (exact) mass is 208 g/mol. The summed E-state index contributed by atoms with van der Waals surface area (Å²) in [6.45, 7) is 9.57. The number of rotatable bonds is 3. The van der Waals surface area contributed by atoms with Crippen molar-refractivity contribution in [3.8, 4) is 5.75 Å². The van der Waals surface area contributed by atoms with Crippen LogP contribution < -0.4 is 0 Å². The van der Waals surface area contributed by atoms with E-state index in [4.69, 9.17) is 4.74 Å². The van der Waals surface area contributed by atoms with E-state index in [1.54, 1.807) is 6.07 Å². The fourth-order valence-electron chi connectivity index (χ4n) is 1.49. The third-order valence-corrected chi connectivity index (χ3v) is 2.34. The van der Waals surface area contributed by atoms with Gasteiger partial charge in [-0.15, -0.1) is 0 Å². The summed E-state index contributed by atoms with van der Waals surface area (Å²) < 4.78 is 5.35. The molecule has 0 fully saturated rings. The molecule has 0 heterocycles. The van der Waals surface area contributed by atoms with E-state index in [1.807, 2.05) is 19.1 Å². The number of phenolic OH excluding ortho intramolecular Hbond substituents is 1. The van der Waals surface area contributed by atoms with Crippen molar-refractivity contribution in [2.24, 2.45) is 0 Å². The highest BCUT2D eigenvalue weighted by Crippen LogP contribution is 2.31. The number of phenols is 1. The molecule has 1 N–H and O–H groups in total. The van der Waals surface area contributed by atoms with Crippen LogP contribution in [0.25, 0.3) is 0 Å². The third-order valence-electron chi connectivity index (χ3n) is 2.34. The van der Waals surface area contributed by atoms with Gasteiger partial charge in [-0.3, -0.25) is 0 Å². The van der Waals surface area contributed by atoms with Crippen LogP contribution >= 0.6 is 0 Å². The molecule has 0 unspecified atom stereocenters. The quantitative estimate of drug-likeness (QED) is 0.826. The predicted molar refractivity (Wildman–Crippen MR) is 62.1 cm³/mol. The Morgan fingerprint density at radius 2 is 1.93 bits per heavy atom. The lowest BCUT2D eigenvalue weighted by Gasteiger charge is -2.21. The first-order valence-corrected chi connectivity index (χ1v) is 5.35. The molecule has 0 saturated heterocycles. The normalized spacial score (nSPS) is 11.7. The van der Waals surface area contributed by atoms with Crippen molar-refractivity contribution < 1.29 is 9.84 Å². The highest BCUT2D eigenvalue weighted by molar-refractivity contribution is 5.40. The molecule has 0 amide bonds. The molecule has 84 valence electrons. The van der Waals surface area contributed by atoms with Crippen molar-refractivity contribution in [3.63, 3.8) is 0 Å². The topological polar surface area (TPSA) is 29.5 Å². The second-order valence-electron chi connectivity index (χ2n) is 4.74. The van der Waals surface area contributed by atoms with Crippen molar-refractivity contribution in [1.82, 2.24) is 0 Å². The lowest BCUT2D eigenvalue weighted by atomic mass is 9.85. The Morgan fingerprint density at radius 3 is 2.47 bits per heavy atom. The van der Waals surface area contributed by atoms with E-state index >= 15 is 0 Å². The number of hydrogen-bond acceptors (Lipinski definition) is 2. The zero-order chi connectivity index (χ0) is 11.5. The molecule has 0 aliphatic rings. The summed E-state index contributed by atoms with van der Waals surface area (Å²) in [5, 5.41) is 9.76. The first-order valence-electron chi connectivity index (χ1n) is 5.35. The third kappa shape index (κ3) is 3.24. The highest BCUT2D eigenvalue weighted by atomic mass is 16.5. The first kappa shape index (κ1) is 12.1. The Bertz CT molecular complexity index is 324. The minimum Gasteiger partial charge on any atom is -0.508 e. The SMILES string of the molecule is CCOCc1ccc(O)c(C(C)(C)C)c1. The standard InChI is InChI=1S/C13H20O2/c1-5-15-9-10-6-7-12(14)11(8-10)13(2,3)4/h6-8,14H,5,9H2,1-4H3. The van der Waals surface area contributed by atoms with E-state index in [2.05, 4.69) is 20.8 Å². The molecule has 15 heavy (non-hydrogen) atoms. The van der Waals surface area contributed by atoms with Gasteiger partial charge < -0.3 is 9.84 Å². The van der Waals surface area contributed by atoms with E-state index < -0.39 is 0 Å². The van der Waals surface area contributed by atoms with E-state index in [1.165, 1.54) is 0 Å². The van der Waals surface area contributed by atoms with Gasteiger partial charge in [0.05, 0.1) is 6.61 Å². The van der Waals surface area contributed by atoms with Crippen LogP contribution in [0.4, 0.5) is 0 Å². The Labute approximate surface area is 91.9 Å². The summed E-state index contributed by atoms with van der Waals surface area (Å²) >= 11 is 0. The maximum Gasteiger partial charge on any atom is 0.119 e. The van der Waals surface area contributed by atoms with E-state index in [-0.39, 0.29) is 5.41 Å². The summed E-state index contributed by atoms with van der Waals surface area (Å²) in [5.74, 6) is 0.364. The molecule has 0 aliphatic heterocycles. The van der Waals surface area contributed by atoms with Crippen molar-refractivity contribution in [1.29, 1.82) is 0 Å². The second kappa shape index (κ2) is 4.67. The fourth-order valence-corrected chi connectivity index (χ4v) is 1.49. The van der Waals surface area contributed by atoms with E-state index in [0.29, 0.717) is 19.0 Å². The first-order chi connectivity index (χ1) is 6.95. The number of hydrogen-bond donors (Lipinski definition) is 1. The van der Waals surface area contributed by atoms with Crippen LogP contribution in [0.15, 0.2) is 18.2 Å². The maximum absolute atomic E-state index is 9.76. The van der Waals surface area contributed by atoms with Crippen molar-refractivity contribution in [2.45, 2.75) is 39.7 Å². The van der Waals surface area contributed by atoms with E-state index in [0.717, 1.165) is 11.1 Å². The molecule has 1 aromatic carbocycles.